The zero-order valence-electron chi connectivity index (χ0n) is 9.36. The van der Waals surface area contributed by atoms with Crippen molar-refractivity contribution >= 4 is 5.91 Å². The summed E-state index contributed by atoms with van der Waals surface area (Å²) in [5.74, 6) is 5.15. The second-order valence-corrected chi connectivity index (χ2v) is 3.34. The van der Waals surface area contributed by atoms with E-state index in [1.54, 1.807) is 6.92 Å². The van der Waals surface area contributed by atoms with Crippen molar-refractivity contribution in [3.63, 3.8) is 0 Å². The quantitative estimate of drug-likeness (QED) is 0.734. The molecule has 0 saturated carbocycles. The molecule has 0 aliphatic carbocycles. The molecule has 1 atom stereocenters. The van der Waals surface area contributed by atoms with Gasteiger partial charge in [-0.15, -0.1) is 5.92 Å². The normalized spacial score (nSPS) is 11.1. The third-order valence-corrected chi connectivity index (χ3v) is 2.28. The minimum Gasteiger partial charge on any atom is -0.345 e. The SMILES string of the molecule is CC#CCNC(=O)C(CN)c1ccccc1. The molecule has 0 aromatic heterocycles. The Labute approximate surface area is 96.0 Å². The molecule has 16 heavy (non-hydrogen) atoms. The topological polar surface area (TPSA) is 55.1 Å². The minimum atomic E-state index is -0.292. The lowest BCUT2D eigenvalue weighted by Gasteiger charge is -2.13. The first-order chi connectivity index (χ1) is 7.79. The molecule has 3 N–H and O–H groups in total. The molecular weight excluding hydrogens is 200 g/mol. The number of carbonyl (C=O) groups excluding carboxylic acids is 1. The molecule has 0 bridgehead atoms. The van der Waals surface area contributed by atoms with E-state index in [2.05, 4.69) is 17.2 Å². The summed E-state index contributed by atoms with van der Waals surface area (Å²) in [6, 6.07) is 9.52. The summed E-state index contributed by atoms with van der Waals surface area (Å²) in [5, 5.41) is 2.74. The van der Waals surface area contributed by atoms with Crippen LogP contribution < -0.4 is 11.1 Å². The first kappa shape index (κ1) is 12.3. The lowest BCUT2D eigenvalue weighted by atomic mass is 9.98. The highest BCUT2D eigenvalue weighted by Crippen LogP contribution is 2.13. The number of amides is 1. The molecule has 0 fully saturated rings. The zero-order valence-corrected chi connectivity index (χ0v) is 9.36. The summed E-state index contributed by atoms with van der Waals surface area (Å²) in [6.07, 6.45) is 0. The molecule has 3 heteroatoms. The summed E-state index contributed by atoms with van der Waals surface area (Å²) >= 11 is 0. The van der Waals surface area contributed by atoms with E-state index >= 15 is 0 Å². The van der Waals surface area contributed by atoms with Crippen LogP contribution in [0.25, 0.3) is 0 Å². The van der Waals surface area contributed by atoms with Crippen LogP contribution in [0, 0.1) is 11.8 Å². The van der Waals surface area contributed by atoms with E-state index in [0.717, 1.165) is 5.56 Å². The number of hydrogen-bond donors (Lipinski definition) is 2. The molecule has 3 nitrogen and oxygen atoms in total. The molecule has 84 valence electrons. The lowest BCUT2D eigenvalue weighted by Crippen LogP contribution is -2.33. The molecule has 0 aliphatic heterocycles. The van der Waals surface area contributed by atoms with Gasteiger partial charge in [-0.1, -0.05) is 36.3 Å². The van der Waals surface area contributed by atoms with Crippen molar-refractivity contribution in [3.05, 3.63) is 35.9 Å². The number of nitrogens with two attached hydrogens (primary N) is 1. The molecule has 1 rings (SSSR count). The van der Waals surface area contributed by atoms with Crippen molar-refractivity contribution in [1.29, 1.82) is 0 Å². The van der Waals surface area contributed by atoms with Crippen LogP contribution in [0.3, 0.4) is 0 Å². The van der Waals surface area contributed by atoms with Crippen LogP contribution >= 0.6 is 0 Å². The van der Waals surface area contributed by atoms with Gasteiger partial charge in [0.1, 0.15) is 0 Å². The molecule has 0 aliphatic rings. The molecule has 1 amide bonds. The summed E-state index contributed by atoms with van der Waals surface area (Å²) in [5.41, 5.74) is 6.55. The maximum absolute atomic E-state index is 11.8. The Kier molecular flexibility index (Phi) is 5.10. The summed E-state index contributed by atoms with van der Waals surface area (Å²) < 4.78 is 0. The Morgan fingerprint density at radius 1 is 1.44 bits per heavy atom. The van der Waals surface area contributed by atoms with E-state index in [1.807, 2.05) is 30.3 Å². The predicted molar refractivity (Wildman–Crippen MR) is 64.7 cm³/mol. The second kappa shape index (κ2) is 6.65. The monoisotopic (exact) mass is 216 g/mol. The molecule has 0 saturated heterocycles. The minimum absolute atomic E-state index is 0.0727. The van der Waals surface area contributed by atoms with Gasteiger partial charge < -0.3 is 11.1 Å². The van der Waals surface area contributed by atoms with Gasteiger partial charge in [0.25, 0.3) is 0 Å². The average molecular weight is 216 g/mol. The number of rotatable bonds is 4. The van der Waals surface area contributed by atoms with Crippen molar-refractivity contribution < 1.29 is 4.79 Å². The zero-order chi connectivity index (χ0) is 11.8. The van der Waals surface area contributed by atoms with E-state index < -0.39 is 0 Å². The van der Waals surface area contributed by atoms with Crippen molar-refractivity contribution in [2.45, 2.75) is 12.8 Å². The second-order valence-electron chi connectivity index (χ2n) is 3.34. The van der Waals surface area contributed by atoms with Crippen molar-refractivity contribution in [1.82, 2.24) is 5.32 Å². The Morgan fingerprint density at radius 2 is 2.12 bits per heavy atom. The Bertz CT molecular complexity index is 389. The molecule has 0 spiro atoms. The molecular formula is C13H16N2O. The van der Waals surface area contributed by atoms with Gasteiger partial charge in [0.2, 0.25) is 5.91 Å². The van der Waals surface area contributed by atoms with Crippen LogP contribution in [0.4, 0.5) is 0 Å². The largest absolute Gasteiger partial charge is 0.345 e. The third kappa shape index (κ3) is 3.41. The van der Waals surface area contributed by atoms with Crippen LogP contribution in [0.5, 0.6) is 0 Å². The maximum Gasteiger partial charge on any atom is 0.229 e. The van der Waals surface area contributed by atoms with Gasteiger partial charge in [0.15, 0.2) is 0 Å². The fraction of sp³-hybridized carbons (Fsp3) is 0.308. The first-order valence-electron chi connectivity index (χ1n) is 5.22. The highest BCUT2D eigenvalue weighted by atomic mass is 16.1. The average Bonchev–Trinajstić information content (AvgIpc) is 2.32. The predicted octanol–water partition coefficient (Wildman–Crippen LogP) is 0.868. The number of nitrogens with one attached hydrogen (secondary N) is 1. The summed E-state index contributed by atoms with van der Waals surface area (Å²) in [6.45, 7) is 2.41. The van der Waals surface area contributed by atoms with Crippen LogP contribution in [0.1, 0.15) is 18.4 Å². The standard InChI is InChI=1S/C13H16N2O/c1-2-3-9-15-13(16)12(10-14)11-7-5-4-6-8-11/h4-8,12H,9-10,14H2,1H3,(H,15,16). The van der Waals surface area contributed by atoms with Gasteiger partial charge in [0.05, 0.1) is 12.5 Å². The highest BCUT2D eigenvalue weighted by Gasteiger charge is 2.17. The summed E-state index contributed by atoms with van der Waals surface area (Å²) in [7, 11) is 0. The van der Waals surface area contributed by atoms with Gasteiger partial charge in [0, 0.05) is 6.54 Å². The molecule has 1 unspecified atom stereocenters. The number of carbonyl (C=O) groups is 1. The van der Waals surface area contributed by atoms with Crippen LogP contribution in [0.2, 0.25) is 0 Å². The van der Waals surface area contributed by atoms with Crippen molar-refractivity contribution in [3.8, 4) is 11.8 Å². The van der Waals surface area contributed by atoms with Gasteiger partial charge in [-0.05, 0) is 12.5 Å². The molecule has 1 aromatic carbocycles. The van der Waals surface area contributed by atoms with Gasteiger partial charge in [-0.3, -0.25) is 4.79 Å². The third-order valence-electron chi connectivity index (χ3n) is 2.28. The fourth-order valence-electron chi connectivity index (χ4n) is 1.42. The van der Waals surface area contributed by atoms with E-state index in [4.69, 9.17) is 5.73 Å². The maximum atomic E-state index is 11.8. The van der Waals surface area contributed by atoms with Crippen LogP contribution in [-0.4, -0.2) is 19.0 Å². The fourth-order valence-corrected chi connectivity index (χ4v) is 1.42. The summed E-state index contributed by atoms with van der Waals surface area (Å²) in [4.78, 5) is 11.8. The van der Waals surface area contributed by atoms with Crippen molar-refractivity contribution in [2.75, 3.05) is 13.1 Å². The number of benzene rings is 1. The Balaban J connectivity index is 2.66. The highest BCUT2D eigenvalue weighted by molar-refractivity contribution is 5.84. The van der Waals surface area contributed by atoms with E-state index in [9.17, 15) is 4.79 Å². The van der Waals surface area contributed by atoms with Crippen LogP contribution in [-0.2, 0) is 4.79 Å². The molecule has 0 heterocycles. The Hall–Kier alpha value is -1.79. The van der Waals surface area contributed by atoms with Gasteiger partial charge in [-0.2, -0.15) is 0 Å². The van der Waals surface area contributed by atoms with Crippen LogP contribution in [0.15, 0.2) is 30.3 Å². The first-order valence-corrected chi connectivity index (χ1v) is 5.22. The van der Waals surface area contributed by atoms with E-state index in [-0.39, 0.29) is 11.8 Å². The molecule has 0 radical (unpaired) electrons. The van der Waals surface area contributed by atoms with Gasteiger partial charge >= 0.3 is 0 Å². The van der Waals surface area contributed by atoms with E-state index in [1.165, 1.54) is 0 Å². The van der Waals surface area contributed by atoms with Crippen molar-refractivity contribution in [2.24, 2.45) is 5.73 Å². The smallest absolute Gasteiger partial charge is 0.229 e. The van der Waals surface area contributed by atoms with Gasteiger partial charge in [-0.25, -0.2) is 0 Å². The lowest BCUT2D eigenvalue weighted by molar-refractivity contribution is -0.122. The van der Waals surface area contributed by atoms with E-state index in [0.29, 0.717) is 13.1 Å². The molecule has 1 aromatic rings. The number of hydrogen-bond acceptors (Lipinski definition) is 2. The Morgan fingerprint density at radius 3 is 2.69 bits per heavy atom.